The SMILES string of the molecule is O=C(C(=O)N(CC1CC1)C1CC1)N1CCCNCC1. The second-order valence-corrected chi connectivity index (χ2v) is 6.03. The van der Waals surface area contributed by atoms with Crippen molar-refractivity contribution in [3.8, 4) is 0 Å². The van der Waals surface area contributed by atoms with Crippen molar-refractivity contribution in [2.75, 3.05) is 32.7 Å². The third kappa shape index (κ3) is 3.26. The standard InChI is InChI=1S/C14H23N3O2/c18-13(16-8-1-6-15-7-9-16)14(19)17(12-4-5-12)10-11-2-3-11/h11-12,15H,1-10H2. The Hall–Kier alpha value is -1.10. The number of carbonyl (C=O) groups is 2. The van der Waals surface area contributed by atoms with Crippen LogP contribution in [0.5, 0.6) is 0 Å². The van der Waals surface area contributed by atoms with Crippen molar-refractivity contribution in [1.29, 1.82) is 0 Å². The molecule has 5 heteroatoms. The molecular formula is C14H23N3O2. The lowest BCUT2D eigenvalue weighted by molar-refractivity contribution is -0.152. The number of amides is 2. The van der Waals surface area contributed by atoms with Crippen molar-refractivity contribution in [1.82, 2.24) is 15.1 Å². The maximum Gasteiger partial charge on any atom is 0.312 e. The lowest BCUT2D eigenvalue weighted by atomic mass is 10.3. The fourth-order valence-corrected chi connectivity index (χ4v) is 2.67. The van der Waals surface area contributed by atoms with Gasteiger partial charge in [-0.3, -0.25) is 9.59 Å². The summed E-state index contributed by atoms with van der Waals surface area (Å²) >= 11 is 0. The summed E-state index contributed by atoms with van der Waals surface area (Å²) in [7, 11) is 0. The maximum atomic E-state index is 12.4. The van der Waals surface area contributed by atoms with Crippen molar-refractivity contribution in [2.24, 2.45) is 5.92 Å². The summed E-state index contributed by atoms with van der Waals surface area (Å²) in [6.07, 6.45) is 5.53. The molecule has 3 aliphatic rings. The highest BCUT2D eigenvalue weighted by Crippen LogP contribution is 2.35. The Bertz CT molecular complexity index is 356. The van der Waals surface area contributed by atoms with Gasteiger partial charge in [0.2, 0.25) is 0 Å². The molecule has 5 nitrogen and oxygen atoms in total. The summed E-state index contributed by atoms with van der Waals surface area (Å²) < 4.78 is 0. The van der Waals surface area contributed by atoms with E-state index in [4.69, 9.17) is 0 Å². The fraction of sp³-hybridized carbons (Fsp3) is 0.857. The number of hydrogen-bond acceptors (Lipinski definition) is 3. The molecule has 1 aliphatic heterocycles. The molecule has 0 aromatic carbocycles. The second kappa shape index (κ2) is 5.49. The first-order chi connectivity index (χ1) is 9.25. The van der Waals surface area contributed by atoms with Crippen LogP contribution in [0.1, 0.15) is 32.1 Å². The summed E-state index contributed by atoms with van der Waals surface area (Å²) in [5.41, 5.74) is 0. The van der Waals surface area contributed by atoms with Crippen LogP contribution in [0, 0.1) is 5.92 Å². The summed E-state index contributed by atoms with van der Waals surface area (Å²) in [6, 6.07) is 0.349. The van der Waals surface area contributed by atoms with Gasteiger partial charge in [-0.15, -0.1) is 0 Å². The van der Waals surface area contributed by atoms with E-state index < -0.39 is 0 Å². The molecule has 0 unspecified atom stereocenters. The number of nitrogens with zero attached hydrogens (tertiary/aromatic N) is 2. The highest BCUT2D eigenvalue weighted by atomic mass is 16.2. The van der Waals surface area contributed by atoms with E-state index in [-0.39, 0.29) is 11.8 Å². The molecule has 19 heavy (non-hydrogen) atoms. The molecule has 0 radical (unpaired) electrons. The minimum absolute atomic E-state index is 0.253. The van der Waals surface area contributed by atoms with Gasteiger partial charge in [-0.25, -0.2) is 0 Å². The van der Waals surface area contributed by atoms with Crippen molar-refractivity contribution < 1.29 is 9.59 Å². The van der Waals surface area contributed by atoms with Gasteiger partial charge in [-0.05, 0) is 44.6 Å². The maximum absolute atomic E-state index is 12.4. The topological polar surface area (TPSA) is 52.7 Å². The van der Waals surface area contributed by atoms with E-state index >= 15 is 0 Å². The fourth-order valence-electron chi connectivity index (χ4n) is 2.67. The van der Waals surface area contributed by atoms with Gasteiger partial charge in [0.1, 0.15) is 0 Å². The zero-order valence-electron chi connectivity index (χ0n) is 11.4. The highest BCUT2D eigenvalue weighted by molar-refractivity contribution is 6.35. The molecule has 2 saturated carbocycles. The van der Waals surface area contributed by atoms with Gasteiger partial charge in [-0.1, -0.05) is 0 Å². The van der Waals surface area contributed by atoms with Gasteiger partial charge in [0.25, 0.3) is 0 Å². The number of nitrogens with one attached hydrogen (secondary N) is 1. The molecule has 0 atom stereocenters. The van der Waals surface area contributed by atoms with Gasteiger partial charge in [0, 0.05) is 32.2 Å². The Morgan fingerprint density at radius 3 is 2.58 bits per heavy atom. The molecule has 0 bridgehead atoms. The zero-order chi connectivity index (χ0) is 13.2. The Balaban J connectivity index is 1.60. The van der Waals surface area contributed by atoms with E-state index in [1.165, 1.54) is 12.8 Å². The van der Waals surface area contributed by atoms with E-state index in [2.05, 4.69) is 5.32 Å². The smallest absolute Gasteiger partial charge is 0.312 e. The van der Waals surface area contributed by atoms with Crippen LogP contribution >= 0.6 is 0 Å². The van der Waals surface area contributed by atoms with Crippen LogP contribution in [-0.2, 0) is 9.59 Å². The van der Waals surface area contributed by atoms with Crippen LogP contribution in [0.15, 0.2) is 0 Å². The Morgan fingerprint density at radius 1 is 1.11 bits per heavy atom. The number of rotatable bonds is 3. The van der Waals surface area contributed by atoms with Gasteiger partial charge in [-0.2, -0.15) is 0 Å². The molecule has 106 valence electrons. The van der Waals surface area contributed by atoms with E-state index in [1.807, 2.05) is 4.90 Å². The molecule has 0 aromatic rings. The third-order valence-electron chi connectivity index (χ3n) is 4.21. The van der Waals surface area contributed by atoms with E-state index in [9.17, 15) is 9.59 Å². The predicted molar refractivity (Wildman–Crippen MR) is 71.5 cm³/mol. The largest absolute Gasteiger partial charge is 0.333 e. The Labute approximate surface area is 114 Å². The molecule has 3 rings (SSSR count). The van der Waals surface area contributed by atoms with Crippen molar-refractivity contribution in [3.05, 3.63) is 0 Å². The summed E-state index contributed by atoms with van der Waals surface area (Å²) in [6.45, 7) is 3.91. The van der Waals surface area contributed by atoms with Gasteiger partial charge in [0.05, 0.1) is 0 Å². The zero-order valence-corrected chi connectivity index (χ0v) is 11.4. The molecule has 1 heterocycles. The molecule has 2 aliphatic carbocycles. The first-order valence-electron chi connectivity index (χ1n) is 7.56. The van der Waals surface area contributed by atoms with E-state index in [1.54, 1.807) is 4.90 Å². The minimum Gasteiger partial charge on any atom is -0.333 e. The average Bonchev–Trinajstić information content (AvgIpc) is 3.30. The summed E-state index contributed by atoms with van der Waals surface area (Å²) in [5.74, 6) is 0.121. The van der Waals surface area contributed by atoms with Crippen molar-refractivity contribution >= 4 is 11.8 Å². The summed E-state index contributed by atoms with van der Waals surface area (Å²) in [4.78, 5) is 28.3. The van der Waals surface area contributed by atoms with Crippen LogP contribution in [0.4, 0.5) is 0 Å². The third-order valence-corrected chi connectivity index (χ3v) is 4.21. The normalized spacial score (nSPS) is 23.9. The van der Waals surface area contributed by atoms with E-state index in [0.717, 1.165) is 38.9 Å². The monoisotopic (exact) mass is 265 g/mol. The number of hydrogen-bond donors (Lipinski definition) is 1. The average molecular weight is 265 g/mol. The van der Waals surface area contributed by atoms with Gasteiger partial charge in [0.15, 0.2) is 0 Å². The molecule has 1 saturated heterocycles. The number of carbonyl (C=O) groups excluding carboxylic acids is 2. The van der Waals surface area contributed by atoms with Crippen molar-refractivity contribution in [3.63, 3.8) is 0 Å². The predicted octanol–water partition coefficient (Wildman–Crippen LogP) is 0.209. The lowest BCUT2D eigenvalue weighted by Gasteiger charge is -2.26. The first kappa shape index (κ1) is 12.9. The quantitative estimate of drug-likeness (QED) is 0.742. The molecule has 0 aromatic heterocycles. The Kier molecular flexibility index (Phi) is 3.73. The molecule has 3 fully saturated rings. The lowest BCUT2D eigenvalue weighted by Crippen LogP contribution is -2.47. The first-order valence-corrected chi connectivity index (χ1v) is 7.56. The molecule has 1 N–H and O–H groups in total. The summed E-state index contributed by atoms with van der Waals surface area (Å²) in [5, 5.41) is 3.26. The van der Waals surface area contributed by atoms with Crippen LogP contribution in [0.3, 0.4) is 0 Å². The molecular weight excluding hydrogens is 242 g/mol. The van der Waals surface area contributed by atoms with E-state index in [0.29, 0.717) is 25.0 Å². The van der Waals surface area contributed by atoms with Crippen LogP contribution < -0.4 is 5.32 Å². The van der Waals surface area contributed by atoms with Crippen LogP contribution in [0.25, 0.3) is 0 Å². The van der Waals surface area contributed by atoms with Gasteiger partial charge >= 0.3 is 11.8 Å². The second-order valence-electron chi connectivity index (χ2n) is 6.03. The minimum atomic E-state index is -0.281. The molecule has 0 spiro atoms. The van der Waals surface area contributed by atoms with Crippen LogP contribution in [0.2, 0.25) is 0 Å². The van der Waals surface area contributed by atoms with Crippen molar-refractivity contribution in [2.45, 2.75) is 38.1 Å². The molecule has 2 amide bonds. The van der Waals surface area contributed by atoms with Gasteiger partial charge < -0.3 is 15.1 Å². The van der Waals surface area contributed by atoms with Crippen LogP contribution in [-0.4, -0.2) is 60.4 Å². The Morgan fingerprint density at radius 2 is 1.89 bits per heavy atom. The highest BCUT2D eigenvalue weighted by Gasteiger charge is 2.39.